The molecule has 0 unspecified atom stereocenters. The SMILES string of the molecule is Nc1cc(-c2nc(-c3cc(N)c(N)c(N)c3N)nc(-c3cc(N)c(N)c(N)c3N)n2)c(N)c(N)c1N. The van der Waals surface area contributed by atoms with Gasteiger partial charge in [0.15, 0.2) is 17.5 Å². The molecule has 0 aliphatic rings. The Hall–Kier alpha value is -5.73. The van der Waals surface area contributed by atoms with Crippen molar-refractivity contribution in [1.29, 1.82) is 0 Å². The number of aromatic nitrogens is 3. The molecule has 0 fully saturated rings. The first-order valence-electron chi connectivity index (χ1n) is 10.3. The molecule has 0 saturated carbocycles. The van der Waals surface area contributed by atoms with Crippen LogP contribution in [0.5, 0.6) is 0 Å². The number of nitrogens with two attached hydrogens (primary N) is 12. The summed E-state index contributed by atoms with van der Waals surface area (Å²) in [4.78, 5) is 13.6. The summed E-state index contributed by atoms with van der Waals surface area (Å²) >= 11 is 0. The van der Waals surface area contributed by atoms with Crippen molar-refractivity contribution in [3.8, 4) is 34.2 Å². The molecule has 4 rings (SSSR count). The van der Waals surface area contributed by atoms with Crippen molar-refractivity contribution >= 4 is 68.2 Å². The van der Waals surface area contributed by atoms with Gasteiger partial charge >= 0.3 is 0 Å². The Morgan fingerprint density at radius 2 is 0.528 bits per heavy atom. The minimum Gasteiger partial charge on any atom is -0.397 e. The van der Waals surface area contributed by atoms with Gasteiger partial charge in [-0.15, -0.1) is 0 Å². The first-order valence-corrected chi connectivity index (χ1v) is 10.3. The Labute approximate surface area is 204 Å². The highest BCUT2D eigenvalue weighted by Crippen LogP contribution is 2.42. The third-order valence-electron chi connectivity index (χ3n) is 5.80. The van der Waals surface area contributed by atoms with Gasteiger partial charge in [0, 0.05) is 16.7 Å². The number of anilines is 12. The van der Waals surface area contributed by atoms with Crippen LogP contribution >= 0.6 is 0 Å². The zero-order valence-corrected chi connectivity index (χ0v) is 19.0. The summed E-state index contributed by atoms with van der Waals surface area (Å²) in [5.74, 6) is 0.188. The molecule has 0 amide bonds. The van der Waals surface area contributed by atoms with E-state index in [1.165, 1.54) is 18.2 Å². The number of nitrogen functional groups attached to an aromatic ring is 12. The van der Waals surface area contributed by atoms with Crippen LogP contribution in [0.25, 0.3) is 34.2 Å². The Morgan fingerprint density at radius 3 is 0.750 bits per heavy atom. The molecule has 0 bridgehead atoms. The maximum absolute atomic E-state index is 6.23. The minimum atomic E-state index is 0.0626. The molecule has 1 heterocycles. The number of benzene rings is 3. The van der Waals surface area contributed by atoms with E-state index in [0.717, 1.165) is 0 Å². The number of rotatable bonds is 3. The van der Waals surface area contributed by atoms with Crippen molar-refractivity contribution in [3.63, 3.8) is 0 Å². The van der Waals surface area contributed by atoms with E-state index in [-0.39, 0.29) is 102 Å². The predicted octanol–water partition coefficient (Wildman–Crippen LogP) is -0.141. The van der Waals surface area contributed by atoms with Gasteiger partial charge in [0.2, 0.25) is 0 Å². The fourth-order valence-electron chi connectivity index (χ4n) is 3.56. The Bertz CT molecular complexity index is 1360. The fourth-order valence-corrected chi connectivity index (χ4v) is 3.56. The molecule has 3 aromatic carbocycles. The maximum Gasteiger partial charge on any atom is 0.166 e. The van der Waals surface area contributed by atoms with Crippen LogP contribution in [0.4, 0.5) is 68.2 Å². The quantitative estimate of drug-likeness (QED) is 0.166. The average Bonchev–Trinajstić information content (AvgIpc) is 2.86. The summed E-state index contributed by atoms with van der Waals surface area (Å²) in [5, 5.41) is 0. The van der Waals surface area contributed by atoms with Gasteiger partial charge in [0.25, 0.3) is 0 Å². The zero-order valence-electron chi connectivity index (χ0n) is 19.0. The molecule has 0 radical (unpaired) electrons. The monoisotopic (exact) mass is 489 g/mol. The molecule has 15 nitrogen and oxygen atoms in total. The number of nitrogens with zero attached hydrogens (tertiary/aromatic N) is 3. The van der Waals surface area contributed by atoms with Crippen LogP contribution in [-0.2, 0) is 0 Å². The van der Waals surface area contributed by atoms with E-state index in [1.54, 1.807) is 0 Å². The first kappa shape index (κ1) is 23.4. The lowest BCUT2D eigenvalue weighted by atomic mass is 10.0. The maximum atomic E-state index is 6.23. The molecule has 0 saturated heterocycles. The van der Waals surface area contributed by atoms with E-state index >= 15 is 0 Å². The second kappa shape index (κ2) is 7.94. The van der Waals surface area contributed by atoms with Gasteiger partial charge in [0.1, 0.15) is 0 Å². The zero-order chi connectivity index (χ0) is 26.6. The van der Waals surface area contributed by atoms with E-state index in [2.05, 4.69) is 15.0 Å². The number of hydrogen-bond acceptors (Lipinski definition) is 15. The second-order valence-electron chi connectivity index (χ2n) is 8.07. The van der Waals surface area contributed by atoms with Crippen molar-refractivity contribution in [3.05, 3.63) is 18.2 Å². The largest absolute Gasteiger partial charge is 0.397 e. The van der Waals surface area contributed by atoms with Gasteiger partial charge < -0.3 is 68.8 Å². The van der Waals surface area contributed by atoms with E-state index < -0.39 is 0 Å². The summed E-state index contributed by atoms with van der Waals surface area (Å²) < 4.78 is 0. The van der Waals surface area contributed by atoms with Gasteiger partial charge in [-0.1, -0.05) is 0 Å². The van der Waals surface area contributed by atoms with Crippen molar-refractivity contribution in [2.45, 2.75) is 0 Å². The first-order chi connectivity index (χ1) is 16.8. The normalized spacial score (nSPS) is 11.0. The van der Waals surface area contributed by atoms with Crippen molar-refractivity contribution in [1.82, 2.24) is 15.0 Å². The summed E-state index contributed by atoms with van der Waals surface area (Å²) in [6, 6.07) is 4.44. The van der Waals surface area contributed by atoms with Gasteiger partial charge in [-0.3, -0.25) is 0 Å². The fraction of sp³-hybridized carbons (Fsp3) is 0. The Balaban J connectivity index is 2.11. The molecule has 24 N–H and O–H groups in total. The highest BCUT2D eigenvalue weighted by Gasteiger charge is 2.22. The number of hydrogen-bond donors (Lipinski definition) is 12. The lowest BCUT2D eigenvalue weighted by Gasteiger charge is -2.17. The van der Waals surface area contributed by atoms with E-state index in [1.807, 2.05) is 0 Å². The highest BCUT2D eigenvalue weighted by molar-refractivity contribution is 5.99. The van der Waals surface area contributed by atoms with Gasteiger partial charge in [-0.2, -0.15) is 0 Å². The standard InChI is InChI=1S/C21H27N15/c22-7-1-4(10(25)16(31)13(7)28)19-34-20(5-2-8(23)14(29)17(32)11(5)26)36-21(35-19)6-3-9(24)15(30)18(33)12(6)27/h1-3H,22-33H2. The van der Waals surface area contributed by atoms with E-state index in [0.29, 0.717) is 0 Å². The van der Waals surface area contributed by atoms with Crippen molar-refractivity contribution in [2.24, 2.45) is 0 Å². The van der Waals surface area contributed by atoms with E-state index in [4.69, 9.17) is 68.8 Å². The van der Waals surface area contributed by atoms with Crippen LogP contribution in [0.3, 0.4) is 0 Å². The summed E-state index contributed by atoms with van der Waals surface area (Å²) in [6.45, 7) is 0. The predicted molar refractivity (Wildman–Crippen MR) is 149 cm³/mol. The lowest BCUT2D eigenvalue weighted by Crippen LogP contribution is -2.10. The molecule has 0 atom stereocenters. The lowest BCUT2D eigenvalue weighted by molar-refractivity contribution is 1.08. The second-order valence-corrected chi connectivity index (χ2v) is 8.07. The molecule has 0 aliphatic heterocycles. The summed E-state index contributed by atoms with van der Waals surface area (Å²) in [6.07, 6.45) is 0. The summed E-state index contributed by atoms with van der Waals surface area (Å²) in [5.41, 5.74) is 74.8. The van der Waals surface area contributed by atoms with Crippen molar-refractivity contribution < 1.29 is 0 Å². The van der Waals surface area contributed by atoms with Crippen LogP contribution < -0.4 is 68.8 Å². The molecular formula is C21H27N15. The van der Waals surface area contributed by atoms with Crippen LogP contribution in [0, 0.1) is 0 Å². The van der Waals surface area contributed by atoms with Crippen LogP contribution in [0.1, 0.15) is 0 Å². The molecule has 15 heteroatoms. The molecular weight excluding hydrogens is 462 g/mol. The highest BCUT2D eigenvalue weighted by atomic mass is 15.0. The average molecular weight is 490 g/mol. The molecule has 0 spiro atoms. The molecule has 0 aliphatic carbocycles. The third-order valence-corrected chi connectivity index (χ3v) is 5.80. The van der Waals surface area contributed by atoms with Gasteiger partial charge in [-0.25, -0.2) is 15.0 Å². The van der Waals surface area contributed by atoms with Crippen LogP contribution in [0.2, 0.25) is 0 Å². The minimum absolute atomic E-state index is 0.0626. The third kappa shape index (κ3) is 3.43. The molecule has 186 valence electrons. The van der Waals surface area contributed by atoms with Crippen LogP contribution in [0.15, 0.2) is 18.2 Å². The topological polar surface area (TPSA) is 351 Å². The van der Waals surface area contributed by atoms with Crippen LogP contribution in [-0.4, -0.2) is 15.0 Å². The Morgan fingerprint density at radius 1 is 0.306 bits per heavy atom. The van der Waals surface area contributed by atoms with E-state index in [9.17, 15) is 0 Å². The summed E-state index contributed by atoms with van der Waals surface area (Å²) in [7, 11) is 0. The Kier molecular flexibility index (Phi) is 5.17. The molecule has 4 aromatic rings. The molecule has 1 aromatic heterocycles. The van der Waals surface area contributed by atoms with Gasteiger partial charge in [0.05, 0.1) is 68.2 Å². The molecule has 36 heavy (non-hydrogen) atoms. The smallest absolute Gasteiger partial charge is 0.166 e. The van der Waals surface area contributed by atoms with Crippen molar-refractivity contribution in [2.75, 3.05) is 68.8 Å². The van der Waals surface area contributed by atoms with Gasteiger partial charge in [-0.05, 0) is 18.2 Å².